The molecule has 0 unspecified atom stereocenters. The van der Waals surface area contributed by atoms with Gasteiger partial charge in [-0.05, 0) is 6.07 Å². The van der Waals surface area contributed by atoms with Gasteiger partial charge in [0.15, 0.2) is 0 Å². The molecule has 0 amide bonds. The van der Waals surface area contributed by atoms with Crippen molar-refractivity contribution in [3.05, 3.63) is 18.1 Å². The Morgan fingerprint density at radius 3 is 2.65 bits per heavy atom. The second-order valence-electron chi connectivity index (χ2n) is 6.37. The van der Waals surface area contributed by atoms with Gasteiger partial charge in [0, 0.05) is 51.3 Å². The first-order chi connectivity index (χ1) is 9.45. The maximum atomic E-state index is 5.71. The summed E-state index contributed by atoms with van der Waals surface area (Å²) in [6, 6.07) is 1.90. The van der Waals surface area contributed by atoms with Crippen LogP contribution in [0.3, 0.4) is 0 Å². The number of nitrogens with one attached hydrogen (secondary N) is 1. The molecule has 0 aliphatic carbocycles. The second kappa shape index (κ2) is 6.06. The zero-order chi connectivity index (χ0) is 14.6. The summed E-state index contributed by atoms with van der Waals surface area (Å²) >= 11 is 0. The monoisotopic (exact) mass is 279 g/mol. The third kappa shape index (κ3) is 3.67. The van der Waals surface area contributed by atoms with Crippen LogP contribution in [0.4, 0.5) is 5.82 Å². The summed E-state index contributed by atoms with van der Waals surface area (Å²) in [6.07, 6.45) is 3.63. The van der Waals surface area contributed by atoms with Crippen molar-refractivity contribution in [2.24, 2.45) is 0 Å². The van der Waals surface area contributed by atoms with Gasteiger partial charge in [0.2, 0.25) is 0 Å². The minimum atomic E-state index is -0.148. The molecule has 1 aromatic rings. The number of anilines is 1. The van der Waals surface area contributed by atoms with Crippen LogP contribution in [0.25, 0.3) is 0 Å². The Bertz CT molecular complexity index is 437. The summed E-state index contributed by atoms with van der Waals surface area (Å²) in [6.45, 7) is 8.59. The number of nitrogens with zero attached hydrogens (tertiary/aromatic N) is 2. The number of hydrogen-bond acceptors (Lipinski definition) is 5. The van der Waals surface area contributed by atoms with E-state index in [0.29, 0.717) is 0 Å². The Kier molecular flexibility index (Phi) is 4.60. The van der Waals surface area contributed by atoms with E-state index in [4.69, 9.17) is 9.47 Å². The standard InChI is InChI=1S/C15H25N3O2/c1-14(2,3)13-16-8-5-12(18-13)17-11-15(19-4)6-9-20-10-7-15/h5,8H,6-7,9-11H2,1-4H3,(H,16,17,18). The predicted octanol–water partition coefficient (Wildman–Crippen LogP) is 2.38. The fourth-order valence-electron chi connectivity index (χ4n) is 2.27. The molecule has 1 saturated heterocycles. The van der Waals surface area contributed by atoms with E-state index in [1.807, 2.05) is 6.07 Å². The molecule has 0 spiro atoms. The third-order valence-corrected chi connectivity index (χ3v) is 3.76. The topological polar surface area (TPSA) is 56.3 Å². The van der Waals surface area contributed by atoms with Gasteiger partial charge in [-0.1, -0.05) is 20.8 Å². The summed E-state index contributed by atoms with van der Waals surface area (Å²) in [4.78, 5) is 8.93. The molecule has 1 aliphatic rings. The summed E-state index contributed by atoms with van der Waals surface area (Å²) in [7, 11) is 1.77. The molecule has 0 saturated carbocycles. The van der Waals surface area contributed by atoms with Crippen LogP contribution in [-0.2, 0) is 14.9 Å². The van der Waals surface area contributed by atoms with Crippen molar-refractivity contribution < 1.29 is 9.47 Å². The molecule has 2 heterocycles. The Balaban J connectivity index is 2.03. The molecule has 0 radical (unpaired) electrons. The van der Waals surface area contributed by atoms with Crippen molar-refractivity contribution in [1.82, 2.24) is 9.97 Å². The van der Waals surface area contributed by atoms with Crippen LogP contribution in [0.2, 0.25) is 0 Å². The van der Waals surface area contributed by atoms with Crippen LogP contribution in [0.5, 0.6) is 0 Å². The van der Waals surface area contributed by atoms with Gasteiger partial charge >= 0.3 is 0 Å². The molecule has 0 atom stereocenters. The minimum absolute atomic E-state index is 0.0463. The SMILES string of the molecule is COC1(CNc2ccnc(C(C)(C)C)n2)CCOCC1. The first-order valence-electron chi connectivity index (χ1n) is 7.15. The van der Waals surface area contributed by atoms with E-state index in [-0.39, 0.29) is 11.0 Å². The second-order valence-corrected chi connectivity index (χ2v) is 6.37. The van der Waals surface area contributed by atoms with Gasteiger partial charge in [0.1, 0.15) is 11.6 Å². The number of aromatic nitrogens is 2. The van der Waals surface area contributed by atoms with Gasteiger partial charge in [-0.25, -0.2) is 9.97 Å². The fraction of sp³-hybridized carbons (Fsp3) is 0.733. The Morgan fingerprint density at radius 1 is 1.35 bits per heavy atom. The first kappa shape index (κ1) is 15.2. The average molecular weight is 279 g/mol. The van der Waals surface area contributed by atoms with Crippen molar-refractivity contribution in [3.8, 4) is 0 Å². The van der Waals surface area contributed by atoms with Crippen LogP contribution in [0.15, 0.2) is 12.3 Å². The van der Waals surface area contributed by atoms with Gasteiger partial charge < -0.3 is 14.8 Å². The van der Waals surface area contributed by atoms with Gasteiger partial charge in [-0.15, -0.1) is 0 Å². The molecular formula is C15H25N3O2. The van der Waals surface area contributed by atoms with E-state index in [2.05, 4.69) is 36.1 Å². The summed E-state index contributed by atoms with van der Waals surface area (Å²) < 4.78 is 11.1. The van der Waals surface area contributed by atoms with E-state index in [1.165, 1.54) is 0 Å². The van der Waals surface area contributed by atoms with Crippen molar-refractivity contribution in [2.45, 2.75) is 44.6 Å². The number of methoxy groups -OCH3 is 1. The minimum Gasteiger partial charge on any atom is -0.381 e. The number of hydrogen-bond donors (Lipinski definition) is 1. The van der Waals surface area contributed by atoms with Crippen molar-refractivity contribution in [3.63, 3.8) is 0 Å². The fourth-order valence-corrected chi connectivity index (χ4v) is 2.27. The van der Waals surface area contributed by atoms with Crippen LogP contribution >= 0.6 is 0 Å². The zero-order valence-electron chi connectivity index (χ0n) is 12.9. The van der Waals surface area contributed by atoms with Crippen molar-refractivity contribution in [1.29, 1.82) is 0 Å². The molecule has 5 nitrogen and oxygen atoms in total. The maximum Gasteiger partial charge on any atom is 0.135 e. The molecule has 112 valence electrons. The lowest BCUT2D eigenvalue weighted by Crippen LogP contribution is -2.44. The molecule has 0 bridgehead atoms. The van der Waals surface area contributed by atoms with Gasteiger partial charge in [-0.2, -0.15) is 0 Å². The third-order valence-electron chi connectivity index (χ3n) is 3.76. The zero-order valence-corrected chi connectivity index (χ0v) is 12.9. The van der Waals surface area contributed by atoms with Gasteiger partial charge in [0.05, 0.1) is 5.60 Å². The highest BCUT2D eigenvalue weighted by Gasteiger charge is 2.32. The Morgan fingerprint density at radius 2 is 2.05 bits per heavy atom. The van der Waals surface area contributed by atoms with Crippen LogP contribution < -0.4 is 5.32 Å². The molecule has 1 aromatic heterocycles. The predicted molar refractivity (Wildman–Crippen MR) is 79.0 cm³/mol. The number of ether oxygens (including phenoxy) is 2. The van der Waals surface area contributed by atoms with E-state index >= 15 is 0 Å². The smallest absolute Gasteiger partial charge is 0.135 e. The highest BCUT2D eigenvalue weighted by atomic mass is 16.5. The first-order valence-corrected chi connectivity index (χ1v) is 7.15. The maximum absolute atomic E-state index is 5.71. The summed E-state index contributed by atoms with van der Waals surface area (Å²) in [5.41, 5.74) is -0.194. The molecule has 0 aromatic carbocycles. The normalized spacial score (nSPS) is 18.8. The molecule has 20 heavy (non-hydrogen) atoms. The van der Waals surface area contributed by atoms with E-state index < -0.39 is 0 Å². The molecular weight excluding hydrogens is 254 g/mol. The largest absolute Gasteiger partial charge is 0.381 e. The average Bonchev–Trinajstić information content (AvgIpc) is 2.46. The van der Waals surface area contributed by atoms with E-state index in [0.717, 1.165) is 44.2 Å². The molecule has 2 rings (SSSR count). The van der Waals surface area contributed by atoms with Gasteiger partial charge in [0.25, 0.3) is 0 Å². The Hall–Kier alpha value is -1.20. The molecule has 1 fully saturated rings. The summed E-state index contributed by atoms with van der Waals surface area (Å²) in [5, 5.41) is 3.39. The van der Waals surface area contributed by atoms with Crippen molar-refractivity contribution in [2.75, 3.05) is 32.2 Å². The lowest BCUT2D eigenvalue weighted by molar-refractivity contribution is -0.0807. The van der Waals surface area contributed by atoms with Crippen molar-refractivity contribution >= 4 is 5.82 Å². The molecule has 5 heteroatoms. The quantitative estimate of drug-likeness (QED) is 0.917. The molecule has 1 aliphatic heterocycles. The highest BCUT2D eigenvalue weighted by molar-refractivity contribution is 5.34. The van der Waals surface area contributed by atoms with Crippen LogP contribution in [-0.4, -0.2) is 42.4 Å². The van der Waals surface area contributed by atoms with E-state index in [9.17, 15) is 0 Å². The Labute approximate surface area is 121 Å². The highest BCUT2D eigenvalue weighted by Crippen LogP contribution is 2.25. The lowest BCUT2D eigenvalue weighted by Gasteiger charge is -2.36. The lowest BCUT2D eigenvalue weighted by atomic mass is 9.94. The number of rotatable bonds is 4. The van der Waals surface area contributed by atoms with Crippen LogP contribution in [0.1, 0.15) is 39.4 Å². The van der Waals surface area contributed by atoms with Crippen LogP contribution in [0, 0.1) is 0 Å². The molecule has 1 N–H and O–H groups in total. The van der Waals surface area contributed by atoms with Gasteiger partial charge in [-0.3, -0.25) is 0 Å². The summed E-state index contributed by atoms with van der Waals surface area (Å²) in [5.74, 6) is 1.70. The van der Waals surface area contributed by atoms with E-state index in [1.54, 1.807) is 13.3 Å².